The third kappa shape index (κ3) is 3.17. The summed E-state index contributed by atoms with van der Waals surface area (Å²) in [6, 6.07) is 7.00. The Morgan fingerprint density at radius 3 is 2.77 bits per heavy atom. The second kappa shape index (κ2) is 7.20. The van der Waals surface area contributed by atoms with Crippen molar-refractivity contribution in [3.8, 4) is 11.5 Å². The van der Waals surface area contributed by atoms with E-state index in [1.807, 2.05) is 6.07 Å². The van der Waals surface area contributed by atoms with Gasteiger partial charge >= 0.3 is 0 Å². The van der Waals surface area contributed by atoms with E-state index < -0.39 is 5.91 Å². The first-order valence-electron chi connectivity index (χ1n) is 7.78. The average Bonchev–Trinajstić information content (AvgIpc) is 3.24. The Labute approximate surface area is 158 Å². The van der Waals surface area contributed by atoms with Gasteiger partial charge in [0.05, 0.1) is 17.8 Å². The van der Waals surface area contributed by atoms with Gasteiger partial charge in [0, 0.05) is 17.1 Å². The zero-order valence-electron chi connectivity index (χ0n) is 14.2. The molecule has 0 aliphatic carbocycles. The lowest BCUT2D eigenvalue weighted by atomic mass is 9.99. The van der Waals surface area contributed by atoms with Crippen LogP contribution < -0.4 is 5.32 Å². The Bertz CT molecular complexity index is 991. The number of carbonyl (C=O) groups is 2. The van der Waals surface area contributed by atoms with E-state index in [-0.39, 0.29) is 17.0 Å². The van der Waals surface area contributed by atoms with E-state index >= 15 is 0 Å². The van der Waals surface area contributed by atoms with Crippen molar-refractivity contribution in [1.82, 2.24) is 30.5 Å². The number of amides is 1. The molecule has 133 valence electrons. The van der Waals surface area contributed by atoms with Crippen LogP contribution in [0.25, 0.3) is 11.5 Å². The van der Waals surface area contributed by atoms with Crippen molar-refractivity contribution < 1.29 is 9.59 Å². The van der Waals surface area contributed by atoms with Crippen molar-refractivity contribution in [1.29, 1.82) is 0 Å². The highest BCUT2D eigenvalue weighted by molar-refractivity contribution is 9.10. The molecule has 1 radical (unpaired) electrons. The number of halogens is 1. The van der Waals surface area contributed by atoms with Gasteiger partial charge in [-0.2, -0.15) is 4.80 Å². The van der Waals surface area contributed by atoms with Gasteiger partial charge in [-0.05, 0) is 36.8 Å². The lowest BCUT2D eigenvalue weighted by Crippen LogP contribution is -2.21. The molecule has 0 saturated carbocycles. The Morgan fingerprint density at radius 1 is 1.38 bits per heavy atom. The molecule has 1 aromatic carbocycles. The molecule has 0 unspecified atom stereocenters. The average molecular weight is 416 g/mol. The summed E-state index contributed by atoms with van der Waals surface area (Å²) in [5.41, 5.74) is 1.96. The minimum atomic E-state index is -0.401. The Kier molecular flexibility index (Phi) is 4.99. The van der Waals surface area contributed by atoms with Crippen LogP contribution >= 0.6 is 15.9 Å². The van der Waals surface area contributed by atoms with Crippen LogP contribution in [-0.2, 0) is 6.54 Å². The molecule has 3 rings (SSSR count). The van der Waals surface area contributed by atoms with Crippen molar-refractivity contribution in [3.63, 3.8) is 0 Å². The zero-order valence-corrected chi connectivity index (χ0v) is 15.8. The zero-order chi connectivity index (χ0) is 18.8. The van der Waals surface area contributed by atoms with Crippen LogP contribution in [0.3, 0.4) is 0 Å². The summed E-state index contributed by atoms with van der Waals surface area (Å²) in [6.45, 7) is 5.75. The molecule has 8 nitrogen and oxygen atoms in total. The number of tetrazole rings is 1. The second-order valence-electron chi connectivity index (χ2n) is 5.50. The molecule has 0 saturated heterocycles. The summed E-state index contributed by atoms with van der Waals surface area (Å²) in [7, 11) is 1.50. The van der Waals surface area contributed by atoms with Gasteiger partial charge in [-0.25, -0.2) is 0 Å². The first-order valence-corrected chi connectivity index (χ1v) is 8.58. The van der Waals surface area contributed by atoms with Gasteiger partial charge in [-0.15, -0.1) is 10.2 Å². The quantitative estimate of drug-likeness (QED) is 0.621. The van der Waals surface area contributed by atoms with Gasteiger partial charge in [0.15, 0.2) is 5.78 Å². The number of nitrogens with zero attached hydrogens (tertiary/aromatic N) is 4. The van der Waals surface area contributed by atoms with Gasteiger partial charge in [-0.1, -0.05) is 28.1 Å². The minimum absolute atomic E-state index is 0.163. The van der Waals surface area contributed by atoms with Crippen molar-refractivity contribution in [3.05, 3.63) is 58.0 Å². The molecule has 3 aromatic rings. The molecular weight excluding hydrogens is 400 g/mol. The Balaban J connectivity index is 2.16. The molecule has 2 N–H and O–H groups in total. The Hall–Kier alpha value is -2.81. The predicted molar refractivity (Wildman–Crippen MR) is 98.7 cm³/mol. The topological polar surface area (TPSA) is 106 Å². The largest absolute Gasteiger partial charge is 0.354 e. The molecule has 0 aliphatic heterocycles. The maximum absolute atomic E-state index is 13.1. The molecule has 2 heterocycles. The van der Waals surface area contributed by atoms with E-state index in [0.717, 1.165) is 4.47 Å². The second-order valence-corrected chi connectivity index (χ2v) is 6.42. The fraction of sp³-hybridized carbons (Fsp3) is 0.176. The highest BCUT2D eigenvalue weighted by Crippen LogP contribution is 2.28. The third-order valence-electron chi connectivity index (χ3n) is 3.89. The molecule has 26 heavy (non-hydrogen) atoms. The number of hydrogen-bond acceptors (Lipinski definition) is 5. The van der Waals surface area contributed by atoms with Gasteiger partial charge in [-0.3, -0.25) is 9.59 Å². The maximum atomic E-state index is 13.1. The van der Waals surface area contributed by atoms with Crippen LogP contribution in [0.5, 0.6) is 0 Å². The number of H-pyrrole nitrogens is 1. The molecule has 0 atom stereocenters. The number of nitrogens with one attached hydrogen (secondary N) is 2. The number of aromatic amines is 1. The SMILES string of the molecule is [CH2]Cn1nnc(-c2[nH]c(C(=O)NC)c(C(=O)c3cccc(Br)c3)c2C)n1. The van der Waals surface area contributed by atoms with E-state index in [4.69, 9.17) is 0 Å². The monoisotopic (exact) mass is 415 g/mol. The van der Waals surface area contributed by atoms with Crippen LogP contribution in [-0.4, -0.2) is 43.9 Å². The molecule has 2 aromatic heterocycles. The first kappa shape index (κ1) is 18.0. The summed E-state index contributed by atoms with van der Waals surface area (Å²) >= 11 is 3.36. The highest BCUT2D eigenvalue weighted by atomic mass is 79.9. The van der Waals surface area contributed by atoms with Crippen LogP contribution in [0.15, 0.2) is 28.7 Å². The van der Waals surface area contributed by atoms with E-state index in [0.29, 0.717) is 29.2 Å². The molecule has 0 spiro atoms. The number of hydrogen-bond donors (Lipinski definition) is 2. The number of aromatic nitrogens is 5. The molecule has 0 bridgehead atoms. The van der Waals surface area contributed by atoms with Crippen LogP contribution in [0.4, 0.5) is 0 Å². The van der Waals surface area contributed by atoms with Crippen LogP contribution in [0, 0.1) is 13.8 Å². The minimum Gasteiger partial charge on any atom is -0.354 e. The normalized spacial score (nSPS) is 10.8. The number of ketones is 1. The van der Waals surface area contributed by atoms with Crippen LogP contribution in [0.2, 0.25) is 0 Å². The van der Waals surface area contributed by atoms with Crippen LogP contribution in [0.1, 0.15) is 32.0 Å². The van der Waals surface area contributed by atoms with Gasteiger partial charge in [0.1, 0.15) is 5.69 Å². The predicted octanol–water partition coefficient (Wildman–Crippen LogP) is 2.16. The number of benzene rings is 1. The molecule has 0 aliphatic rings. The lowest BCUT2D eigenvalue weighted by Gasteiger charge is -2.05. The first-order chi connectivity index (χ1) is 12.5. The standard InChI is InChI=1S/C17H16BrN6O2/c1-4-24-22-16(21-23-24)13-9(2)12(14(20-13)17(26)19-3)15(25)10-6-5-7-11(18)8-10/h5-8,20H,1,4H2,2-3H3,(H,19,26). The van der Waals surface area contributed by atoms with E-state index in [1.165, 1.54) is 11.8 Å². The summed E-state index contributed by atoms with van der Waals surface area (Å²) < 4.78 is 0.776. The van der Waals surface area contributed by atoms with E-state index in [1.54, 1.807) is 25.1 Å². The summed E-state index contributed by atoms with van der Waals surface area (Å²) in [5.74, 6) is -0.374. The number of carbonyl (C=O) groups excluding carboxylic acids is 2. The van der Waals surface area contributed by atoms with Crippen molar-refractivity contribution >= 4 is 27.6 Å². The fourth-order valence-corrected chi connectivity index (χ4v) is 3.01. The maximum Gasteiger partial charge on any atom is 0.268 e. The Morgan fingerprint density at radius 2 is 2.15 bits per heavy atom. The molecule has 0 fully saturated rings. The van der Waals surface area contributed by atoms with Crippen molar-refractivity contribution in [2.24, 2.45) is 0 Å². The summed E-state index contributed by atoms with van der Waals surface area (Å²) in [4.78, 5) is 29.7. The van der Waals surface area contributed by atoms with Gasteiger partial charge in [0.25, 0.3) is 5.91 Å². The van der Waals surface area contributed by atoms with Gasteiger partial charge < -0.3 is 10.3 Å². The fourth-order valence-electron chi connectivity index (χ4n) is 2.61. The third-order valence-corrected chi connectivity index (χ3v) is 4.39. The summed E-state index contributed by atoms with van der Waals surface area (Å²) in [6.07, 6.45) is 0. The summed E-state index contributed by atoms with van der Waals surface area (Å²) in [5, 5.41) is 14.6. The van der Waals surface area contributed by atoms with Gasteiger partial charge in [0.2, 0.25) is 5.82 Å². The molecular formula is C17H16BrN6O2. The van der Waals surface area contributed by atoms with Crippen molar-refractivity contribution in [2.75, 3.05) is 7.05 Å². The van der Waals surface area contributed by atoms with E-state index in [2.05, 4.69) is 48.6 Å². The smallest absolute Gasteiger partial charge is 0.268 e. The van der Waals surface area contributed by atoms with Crippen molar-refractivity contribution in [2.45, 2.75) is 13.5 Å². The van der Waals surface area contributed by atoms with E-state index in [9.17, 15) is 9.59 Å². The number of rotatable bonds is 5. The molecule has 9 heteroatoms. The molecule has 1 amide bonds. The highest BCUT2D eigenvalue weighted by Gasteiger charge is 2.27. The lowest BCUT2D eigenvalue weighted by molar-refractivity contribution is 0.0946.